The predicted molar refractivity (Wildman–Crippen MR) is 126 cm³/mol. The second-order valence-corrected chi connectivity index (χ2v) is 10.8. The van der Waals surface area contributed by atoms with Gasteiger partial charge in [0.2, 0.25) is 0 Å². The summed E-state index contributed by atoms with van der Waals surface area (Å²) >= 11 is 1.17. The lowest BCUT2D eigenvalue weighted by molar-refractivity contribution is -0.146. The predicted octanol–water partition coefficient (Wildman–Crippen LogP) is 1.76. The number of thioether (sulfide) groups is 1. The van der Waals surface area contributed by atoms with E-state index in [1.807, 2.05) is 0 Å². The third kappa shape index (κ3) is 6.29. The number of carbonyl (C=O) groups excluding carboxylic acids is 2. The average Bonchev–Trinajstić information content (AvgIpc) is 3.35. The van der Waals surface area contributed by atoms with E-state index >= 15 is 0 Å². The van der Waals surface area contributed by atoms with Gasteiger partial charge in [0.1, 0.15) is 23.0 Å². The molecule has 1 fully saturated rings. The fourth-order valence-corrected chi connectivity index (χ4v) is 5.82. The van der Waals surface area contributed by atoms with Crippen molar-refractivity contribution >= 4 is 39.8 Å². The van der Waals surface area contributed by atoms with Gasteiger partial charge in [-0.1, -0.05) is 12.1 Å². The number of benzene rings is 2. The summed E-state index contributed by atoms with van der Waals surface area (Å²) in [5, 5.41) is 11.9. The summed E-state index contributed by atoms with van der Waals surface area (Å²) in [4.78, 5) is 38.1. The van der Waals surface area contributed by atoms with Crippen molar-refractivity contribution in [2.45, 2.75) is 22.7 Å². The molecule has 2 aromatic rings. The van der Waals surface area contributed by atoms with Crippen molar-refractivity contribution in [3.05, 3.63) is 59.9 Å². The van der Waals surface area contributed by atoms with E-state index in [1.54, 1.807) is 0 Å². The molecule has 2 atom stereocenters. The van der Waals surface area contributed by atoms with E-state index in [9.17, 15) is 32.3 Å². The number of aliphatic carboxylic acids is 1. The molecule has 188 valence electrons. The largest absolute Gasteiger partial charge is 0.480 e. The Morgan fingerprint density at radius 3 is 2.29 bits per heavy atom. The molecule has 0 radical (unpaired) electrons. The van der Waals surface area contributed by atoms with Gasteiger partial charge in [0.25, 0.3) is 15.9 Å². The number of ether oxygens (including phenoxy) is 1. The van der Waals surface area contributed by atoms with E-state index in [2.05, 4.69) is 5.32 Å². The maximum absolute atomic E-state index is 13.4. The first-order valence-corrected chi connectivity index (χ1v) is 12.9. The number of nitrogens with one attached hydrogen (secondary N) is 1. The Balaban J connectivity index is 1.96. The minimum absolute atomic E-state index is 0.206. The quantitative estimate of drug-likeness (QED) is 0.529. The minimum Gasteiger partial charge on any atom is -0.480 e. The second kappa shape index (κ2) is 11.1. The van der Waals surface area contributed by atoms with Crippen molar-refractivity contribution in [1.29, 1.82) is 0 Å². The molecule has 10 nitrogen and oxygen atoms in total. The molecule has 3 rings (SSSR count). The monoisotopic (exact) mass is 525 g/mol. The Kier molecular flexibility index (Phi) is 8.35. The SMILES string of the molecule is CN(C)C(=O)Oc1ccc(C[C@@H](C(=O)O)N(C(=O)[C@H]2NCCS2)S(=O)(=O)c2ccc(F)cc2)cc1. The van der Waals surface area contributed by atoms with Crippen LogP contribution in [0.15, 0.2) is 53.4 Å². The number of sulfonamides is 1. The van der Waals surface area contributed by atoms with Crippen LogP contribution < -0.4 is 10.1 Å². The summed E-state index contributed by atoms with van der Waals surface area (Å²) in [6.07, 6.45) is -0.953. The van der Waals surface area contributed by atoms with Crippen molar-refractivity contribution in [1.82, 2.24) is 14.5 Å². The van der Waals surface area contributed by atoms with Gasteiger partial charge in [0.05, 0.1) is 4.90 Å². The number of nitrogens with zero attached hydrogens (tertiary/aromatic N) is 2. The van der Waals surface area contributed by atoms with Crippen LogP contribution >= 0.6 is 11.8 Å². The Hall–Kier alpha value is -3.16. The van der Waals surface area contributed by atoms with Crippen LogP contribution in [0, 0.1) is 5.82 Å². The maximum atomic E-state index is 13.4. The molecule has 1 saturated heterocycles. The third-order valence-corrected chi connectivity index (χ3v) is 7.98. The molecular formula is C22H24FN3O7S2. The highest BCUT2D eigenvalue weighted by molar-refractivity contribution is 8.01. The normalized spacial score (nSPS) is 16.4. The lowest BCUT2D eigenvalue weighted by atomic mass is 10.1. The number of carbonyl (C=O) groups is 3. The number of halogens is 1. The molecule has 1 aliphatic heterocycles. The van der Waals surface area contributed by atoms with Crippen molar-refractivity contribution in [2.24, 2.45) is 0 Å². The van der Waals surface area contributed by atoms with Gasteiger partial charge in [-0.25, -0.2) is 26.7 Å². The van der Waals surface area contributed by atoms with Gasteiger partial charge >= 0.3 is 12.1 Å². The molecule has 2 aromatic carbocycles. The maximum Gasteiger partial charge on any atom is 0.414 e. The Labute approximate surface area is 206 Å². The van der Waals surface area contributed by atoms with Crippen LogP contribution in [-0.4, -0.2) is 78.5 Å². The molecule has 2 N–H and O–H groups in total. The molecule has 1 aliphatic rings. The van der Waals surface area contributed by atoms with Gasteiger partial charge in [-0.2, -0.15) is 0 Å². The summed E-state index contributed by atoms with van der Waals surface area (Å²) in [7, 11) is -1.62. The summed E-state index contributed by atoms with van der Waals surface area (Å²) < 4.78 is 45.8. The molecule has 13 heteroatoms. The zero-order chi connectivity index (χ0) is 25.8. The highest BCUT2D eigenvalue weighted by atomic mass is 32.2. The van der Waals surface area contributed by atoms with Crippen LogP contribution in [0.2, 0.25) is 0 Å². The van der Waals surface area contributed by atoms with Crippen LogP contribution in [-0.2, 0) is 26.0 Å². The summed E-state index contributed by atoms with van der Waals surface area (Å²) in [6, 6.07) is 7.84. The van der Waals surface area contributed by atoms with Crippen LogP contribution in [0.25, 0.3) is 0 Å². The number of hydrogen-bond donors (Lipinski definition) is 2. The number of carboxylic acids is 1. The number of carboxylic acid groups (broad SMARTS) is 1. The van der Waals surface area contributed by atoms with Crippen molar-refractivity contribution in [2.75, 3.05) is 26.4 Å². The molecule has 0 unspecified atom stereocenters. The van der Waals surface area contributed by atoms with Crippen LogP contribution in [0.1, 0.15) is 5.56 Å². The molecular weight excluding hydrogens is 501 g/mol. The molecule has 0 bridgehead atoms. The Morgan fingerprint density at radius 1 is 1.14 bits per heavy atom. The lowest BCUT2D eigenvalue weighted by Crippen LogP contribution is -2.54. The van der Waals surface area contributed by atoms with Crippen LogP contribution in [0.3, 0.4) is 0 Å². The first kappa shape index (κ1) is 26.4. The summed E-state index contributed by atoms with van der Waals surface area (Å²) in [6.45, 7) is 0.455. The summed E-state index contributed by atoms with van der Waals surface area (Å²) in [5.41, 5.74) is 0.390. The topological polar surface area (TPSA) is 133 Å². The van der Waals surface area contributed by atoms with E-state index in [0.29, 0.717) is 22.2 Å². The molecule has 0 spiro atoms. The summed E-state index contributed by atoms with van der Waals surface area (Å²) in [5.74, 6) is -2.39. The highest BCUT2D eigenvalue weighted by Gasteiger charge is 2.43. The standard InChI is InChI=1S/C22H24FN3O7S2/c1-25(2)22(30)33-16-7-3-14(4-8-16)13-18(21(28)29)26(20(27)19-24-11-12-34-19)35(31,32)17-9-5-15(23)6-10-17/h3-10,18-19,24H,11-13H2,1-2H3,(H,28,29)/t18-,19-/m0/s1. The fraction of sp³-hybridized carbons (Fsp3) is 0.318. The third-order valence-electron chi connectivity index (χ3n) is 5.02. The van der Waals surface area contributed by atoms with Gasteiger partial charge in [0.15, 0.2) is 0 Å². The lowest BCUT2D eigenvalue weighted by Gasteiger charge is -2.30. The first-order chi connectivity index (χ1) is 16.5. The zero-order valence-corrected chi connectivity index (χ0v) is 20.5. The van der Waals surface area contributed by atoms with Crippen molar-refractivity contribution in [3.8, 4) is 5.75 Å². The first-order valence-electron chi connectivity index (χ1n) is 10.4. The van der Waals surface area contributed by atoms with E-state index in [4.69, 9.17) is 4.74 Å². The van der Waals surface area contributed by atoms with E-state index < -0.39 is 50.1 Å². The molecule has 1 heterocycles. The van der Waals surface area contributed by atoms with E-state index in [1.165, 1.54) is 55.0 Å². The van der Waals surface area contributed by atoms with E-state index in [-0.39, 0.29) is 12.2 Å². The Morgan fingerprint density at radius 2 is 1.77 bits per heavy atom. The van der Waals surface area contributed by atoms with Crippen LogP contribution in [0.4, 0.5) is 9.18 Å². The second-order valence-electron chi connectivity index (χ2n) is 7.76. The van der Waals surface area contributed by atoms with Gasteiger partial charge < -0.3 is 14.7 Å². The molecule has 0 saturated carbocycles. The fourth-order valence-electron chi connectivity index (χ4n) is 3.24. The number of hydrogen-bond acceptors (Lipinski definition) is 8. The highest BCUT2D eigenvalue weighted by Crippen LogP contribution is 2.26. The average molecular weight is 526 g/mol. The van der Waals surface area contributed by atoms with Crippen LogP contribution in [0.5, 0.6) is 5.75 Å². The minimum atomic E-state index is -4.64. The zero-order valence-electron chi connectivity index (χ0n) is 18.9. The molecule has 0 aromatic heterocycles. The van der Waals surface area contributed by atoms with Crippen molar-refractivity contribution in [3.63, 3.8) is 0 Å². The van der Waals surface area contributed by atoms with Gasteiger partial charge in [-0.05, 0) is 42.0 Å². The molecule has 0 aliphatic carbocycles. The van der Waals surface area contributed by atoms with Gasteiger partial charge in [-0.3, -0.25) is 10.1 Å². The van der Waals surface area contributed by atoms with Gasteiger partial charge in [0, 0.05) is 32.8 Å². The smallest absolute Gasteiger partial charge is 0.414 e. The van der Waals surface area contributed by atoms with Crippen molar-refractivity contribution < 1.29 is 37.0 Å². The Bertz CT molecular complexity index is 1180. The molecule has 35 heavy (non-hydrogen) atoms. The number of amides is 2. The van der Waals surface area contributed by atoms with Gasteiger partial charge in [-0.15, -0.1) is 11.8 Å². The number of rotatable bonds is 8. The molecule has 2 amide bonds. The van der Waals surface area contributed by atoms with E-state index in [0.717, 1.165) is 24.3 Å².